The summed E-state index contributed by atoms with van der Waals surface area (Å²) in [5.74, 6) is -0.374. The van der Waals surface area contributed by atoms with E-state index in [4.69, 9.17) is 14.5 Å². The molecule has 3 aromatic heterocycles. The van der Waals surface area contributed by atoms with Gasteiger partial charge in [0.1, 0.15) is 17.3 Å². The Morgan fingerprint density at radius 1 is 1.12 bits per heavy atom. The molecule has 1 aromatic carbocycles. The minimum absolute atomic E-state index is 0.0460. The number of hydrogen-bond donors (Lipinski definition) is 1. The Morgan fingerprint density at radius 3 is 2.83 bits per heavy atom. The Bertz CT molecular complexity index is 1770. The highest BCUT2D eigenvalue weighted by molar-refractivity contribution is 7.92. The lowest BCUT2D eigenvalue weighted by Crippen LogP contribution is -2.30. The van der Waals surface area contributed by atoms with Gasteiger partial charge in [-0.25, -0.2) is 27.2 Å². The first-order valence-electron chi connectivity index (χ1n) is 12.5. The van der Waals surface area contributed by atoms with E-state index in [1.165, 1.54) is 0 Å². The molecule has 13 heteroatoms. The highest BCUT2D eigenvalue weighted by Gasteiger charge is 2.35. The zero-order valence-corrected chi connectivity index (χ0v) is 22.0. The Morgan fingerprint density at radius 2 is 1.98 bits per heavy atom. The molecule has 206 valence electrons. The van der Waals surface area contributed by atoms with Crippen LogP contribution in [0.2, 0.25) is 0 Å². The molecular formula is C27H23F2N5O5S. The highest BCUT2D eigenvalue weighted by atomic mass is 32.2. The van der Waals surface area contributed by atoms with Crippen molar-refractivity contribution in [1.29, 1.82) is 0 Å². The number of anilines is 2. The van der Waals surface area contributed by atoms with Gasteiger partial charge in [0.25, 0.3) is 5.91 Å². The molecule has 0 aliphatic carbocycles. The minimum atomic E-state index is -4.51. The van der Waals surface area contributed by atoms with Crippen LogP contribution in [0, 0.1) is 12.7 Å². The van der Waals surface area contributed by atoms with Crippen LogP contribution in [0.25, 0.3) is 10.9 Å². The van der Waals surface area contributed by atoms with Crippen LogP contribution in [0.3, 0.4) is 0 Å². The molecule has 40 heavy (non-hydrogen) atoms. The number of amides is 1. The SMILES string of the molecule is Cc1cnc2c(c1)OCCN2c1ccc2cnc(CNC(=O)c3cc(F)c4c(c3)S(=O)(=O)[C@@H](F)CCO4)cc2n1. The number of halogens is 2. The molecule has 5 heterocycles. The number of carbonyl (C=O) groups is 1. The van der Waals surface area contributed by atoms with Crippen LogP contribution >= 0.6 is 0 Å². The Kier molecular flexibility index (Phi) is 6.45. The summed E-state index contributed by atoms with van der Waals surface area (Å²) >= 11 is 0. The van der Waals surface area contributed by atoms with Crippen LogP contribution in [-0.2, 0) is 16.4 Å². The molecule has 10 nitrogen and oxygen atoms in total. The minimum Gasteiger partial charge on any atom is -0.489 e. The average Bonchev–Trinajstić information content (AvgIpc) is 3.06. The third kappa shape index (κ3) is 4.66. The third-order valence-electron chi connectivity index (χ3n) is 6.63. The zero-order chi connectivity index (χ0) is 28.0. The van der Waals surface area contributed by atoms with Crippen LogP contribution in [0.4, 0.5) is 20.4 Å². The Balaban J connectivity index is 1.24. The number of nitrogens with zero attached hydrogens (tertiary/aromatic N) is 4. The van der Waals surface area contributed by atoms with E-state index in [0.717, 1.165) is 23.1 Å². The first-order valence-corrected chi connectivity index (χ1v) is 14.0. The lowest BCUT2D eigenvalue weighted by molar-refractivity contribution is 0.0949. The van der Waals surface area contributed by atoms with Crippen molar-refractivity contribution in [2.24, 2.45) is 0 Å². The number of ether oxygens (including phenoxy) is 2. The van der Waals surface area contributed by atoms with E-state index in [9.17, 15) is 22.0 Å². The van der Waals surface area contributed by atoms with Crippen molar-refractivity contribution in [2.75, 3.05) is 24.7 Å². The second-order valence-corrected chi connectivity index (χ2v) is 11.5. The van der Waals surface area contributed by atoms with Crippen LogP contribution in [0.1, 0.15) is 28.0 Å². The standard InChI is InChI=1S/C27H23F2N5O5S/c1-15-8-21-26(31-12-15)34(5-7-38-21)24-3-2-16-13-30-18(11-20(16)33-24)14-32-27(35)17-9-19(28)25-22(10-17)40(36,37)23(29)4-6-39-25/h2-3,8-13,23H,4-7,14H2,1H3,(H,32,35)/t23-/m1/s1. The van der Waals surface area contributed by atoms with Gasteiger partial charge in [0, 0.05) is 29.8 Å². The fourth-order valence-corrected chi connectivity index (χ4v) is 5.97. The highest BCUT2D eigenvalue weighted by Crippen LogP contribution is 2.36. The van der Waals surface area contributed by atoms with Crippen LogP contribution in [0.5, 0.6) is 11.5 Å². The van der Waals surface area contributed by atoms with Gasteiger partial charge in [0.15, 0.2) is 23.1 Å². The van der Waals surface area contributed by atoms with Gasteiger partial charge in [-0.15, -0.1) is 0 Å². The number of alkyl halides is 1. The topological polar surface area (TPSA) is 124 Å². The Hall–Kier alpha value is -4.39. The molecule has 2 aliphatic rings. The second-order valence-electron chi connectivity index (χ2n) is 9.43. The number of pyridine rings is 3. The maximum absolute atomic E-state index is 14.7. The van der Waals surface area contributed by atoms with Crippen LogP contribution in [-0.4, -0.2) is 54.5 Å². The summed E-state index contributed by atoms with van der Waals surface area (Å²) < 4.78 is 64.7. The van der Waals surface area contributed by atoms with E-state index in [2.05, 4.69) is 15.3 Å². The van der Waals surface area contributed by atoms with Gasteiger partial charge in [-0.05, 0) is 48.9 Å². The molecule has 0 bridgehead atoms. The number of benzene rings is 1. The fraction of sp³-hybridized carbons (Fsp3) is 0.259. The van der Waals surface area contributed by atoms with Crippen molar-refractivity contribution in [3.05, 3.63) is 71.4 Å². The summed E-state index contributed by atoms with van der Waals surface area (Å²) in [6.07, 6.45) is 2.95. The maximum atomic E-state index is 14.7. The third-order valence-corrected chi connectivity index (χ3v) is 8.45. The number of rotatable bonds is 4. The molecule has 4 aromatic rings. The van der Waals surface area contributed by atoms with E-state index in [0.29, 0.717) is 41.7 Å². The number of carbonyl (C=O) groups excluding carboxylic acids is 1. The van der Waals surface area contributed by atoms with E-state index < -0.39 is 44.1 Å². The van der Waals surface area contributed by atoms with Gasteiger partial charge in [-0.2, -0.15) is 0 Å². The molecule has 1 N–H and O–H groups in total. The summed E-state index contributed by atoms with van der Waals surface area (Å²) in [6.45, 7) is 2.64. The number of sulfone groups is 1. The van der Waals surface area contributed by atoms with Crippen molar-refractivity contribution in [3.63, 3.8) is 0 Å². The Labute approximate surface area is 227 Å². The quantitative estimate of drug-likeness (QED) is 0.392. The van der Waals surface area contributed by atoms with Crippen molar-refractivity contribution < 1.29 is 31.5 Å². The first-order chi connectivity index (χ1) is 19.2. The molecule has 2 aliphatic heterocycles. The van der Waals surface area contributed by atoms with E-state index >= 15 is 0 Å². The van der Waals surface area contributed by atoms with Gasteiger partial charge in [-0.1, -0.05) is 0 Å². The van der Waals surface area contributed by atoms with E-state index in [-0.39, 0.29) is 18.7 Å². The number of aromatic nitrogens is 3. The van der Waals surface area contributed by atoms with Crippen molar-refractivity contribution in [2.45, 2.75) is 30.3 Å². The summed E-state index contributed by atoms with van der Waals surface area (Å²) in [5.41, 5.74) is -0.453. The molecule has 0 saturated heterocycles. The summed E-state index contributed by atoms with van der Waals surface area (Å²) in [5, 5.41) is 3.38. The van der Waals surface area contributed by atoms with Gasteiger partial charge in [-0.3, -0.25) is 9.78 Å². The van der Waals surface area contributed by atoms with Gasteiger partial charge in [0.05, 0.1) is 30.9 Å². The fourth-order valence-electron chi connectivity index (χ4n) is 4.58. The number of nitrogens with one attached hydrogen (secondary N) is 1. The molecule has 0 spiro atoms. The summed E-state index contributed by atoms with van der Waals surface area (Å²) in [4.78, 5) is 27.7. The predicted molar refractivity (Wildman–Crippen MR) is 141 cm³/mol. The van der Waals surface area contributed by atoms with Crippen molar-refractivity contribution in [3.8, 4) is 11.5 Å². The monoisotopic (exact) mass is 567 g/mol. The normalized spacial score (nSPS) is 17.7. The average molecular weight is 568 g/mol. The molecule has 1 amide bonds. The first kappa shape index (κ1) is 25.9. The van der Waals surface area contributed by atoms with Gasteiger partial charge >= 0.3 is 0 Å². The number of fused-ring (bicyclic) bond motifs is 3. The van der Waals surface area contributed by atoms with Crippen LogP contribution in [0.15, 0.2) is 53.7 Å². The van der Waals surface area contributed by atoms with Crippen molar-refractivity contribution >= 4 is 38.3 Å². The predicted octanol–water partition coefficient (Wildman–Crippen LogP) is 3.78. The lowest BCUT2D eigenvalue weighted by Gasteiger charge is -2.29. The molecular weight excluding hydrogens is 544 g/mol. The maximum Gasteiger partial charge on any atom is 0.251 e. The largest absolute Gasteiger partial charge is 0.489 e. The van der Waals surface area contributed by atoms with Gasteiger partial charge < -0.3 is 19.7 Å². The summed E-state index contributed by atoms with van der Waals surface area (Å²) in [7, 11) is -4.51. The second kappa shape index (κ2) is 9.97. The smallest absolute Gasteiger partial charge is 0.251 e. The van der Waals surface area contributed by atoms with E-state index in [1.807, 2.05) is 30.0 Å². The van der Waals surface area contributed by atoms with Crippen molar-refractivity contribution in [1.82, 2.24) is 20.3 Å². The molecule has 0 radical (unpaired) electrons. The summed E-state index contributed by atoms with van der Waals surface area (Å²) in [6, 6.07) is 9.18. The molecule has 6 rings (SSSR count). The van der Waals surface area contributed by atoms with Gasteiger partial charge in [0.2, 0.25) is 15.3 Å². The van der Waals surface area contributed by atoms with E-state index in [1.54, 1.807) is 18.5 Å². The molecule has 0 fully saturated rings. The lowest BCUT2D eigenvalue weighted by atomic mass is 10.2. The molecule has 0 unspecified atom stereocenters. The molecule has 0 saturated carbocycles. The molecule has 1 atom stereocenters. The number of hydrogen-bond acceptors (Lipinski definition) is 9. The number of aryl methyl sites for hydroxylation is 1. The zero-order valence-electron chi connectivity index (χ0n) is 21.2. The van der Waals surface area contributed by atoms with Crippen LogP contribution < -0.4 is 19.7 Å².